The van der Waals surface area contributed by atoms with Gasteiger partial charge in [0.15, 0.2) is 0 Å². The lowest BCUT2D eigenvalue weighted by Crippen LogP contribution is -2.26. The molecule has 1 amide bonds. The Bertz CT molecular complexity index is 537. The molecule has 0 spiro atoms. The SMILES string of the molecule is COc1cccc(N(C)C(=O)c2ccccc2)c1. The molecule has 2 aromatic carbocycles. The topological polar surface area (TPSA) is 29.5 Å². The van der Waals surface area contributed by atoms with Crippen LogP contribution in [0.15, 0.2) is 54.6 Å². The van der Waals surface area contributed by atoms with E-state index < -0.39 is 0 Å². The lowest BCUT2D eigenvalue weighted by molar-refractivity contribution is 0.0993. The summed E-state index contributed by atoms with van der Waals surface area (Å²) in [7, 11) is 3.36. The number of carbonyl (C=O) groups is 1. The van der Waals surface area contributed by atoms with Gasteiger partial charge in [-0.15, -0.1) is 0 Å². The predicted molar refractivity (Wildman–Crippen MR) is 72.2 cm³/mol. The summed E-state index contributed by atoms with van der Waals surface area (Å²) in [6, 6.07) is 16.6. The molecule has 2 rings (SSSR count). The minimum atomic E-state index is -0.0381. The summed E-state index contributed by atoms with van der Waals surface area (Å²) in [6.07, 6.45) is 0. The molecular formula is C15H15NO2. The second kappa shape index (κ2) is 5.36. The maximum absolute atomic E-state index is 12.2. The third-order valence-corrected chi connectivity index (χ3v) is 2.77. The van der Waals surface area contributed by atoms with Crippen molar-refractivity contribution in [1.29, 1.82) is 0 Å². The average Bonchev–Trinajstić information content (AvgIpc) is 2.46. The predicted octanol–water partition coefficient (Wildman–Crippen LogP) is 2.97. The molecule has 0 heterocycles. The van der Waals surface area contributed by atoms with E-state index in [-0.39, 0.29) is 5.91 Å². The van der Waals surface area contributed by atoms with Gasteiger partial charge in [0.25, 0.3) is 5.91 Å². The molecule has 2 aromatic rings. The number of anilines is 1. The van der Waals surface area contributed by atoms with Gasteiger partial charge in [0.05, 0.1) is 7.11 Å². The molecular weight excluding hydrogens is 226 g/mol. The highest BCUT2D eigenvalue weighted by Crippen LogP contribution is 2.21. The van der Waals surface area contributed by atoms with E-state index in [1.54, 1.807) is 31.2 Å². The first-order valence-electron chi connectivity index (χ1n) is 5.69. The normalized spacial score (nSPS) is 9.89. The van der Waals surface area contributed by atoms with Crippen molar-refractivity contribution in [3.63, 3.8) is 0 Å². The van der Waals surface area contributed by atoms with Crippen LogP contribution < -0.4 is 9.64 Å². The molecule has 0 N–H and O–H groups in total. The molecule has 3 heteroatoms. The van der Waals surface area contributed by atoms with E-state index in [2.05, 4.69) is 0 Å². The summed E-state index contributed by atoms with van der Waals surface area (Å²) < 4.78 is 5.15. The van der Waals surface area contributed by atoms with Crippen LogP contribution in [0.3, 0.4) is 0 Å². The van der Waals surface area contributed by atoms with Gasteiger partial charge in [0.2, 0.25) is 0 Å². The summed E-state index contributed by atoms with van der Waals surface area (Å²) in [4.78, 5) is 13.8. The molecule has 0 aliphatic carbocycles. The molecule has 92 valence electrons. The number of amides is 1. The first kappa shape index (κ1) is 12.2. The molecule has 0 atom stereocenters. The molecule has 3 nitrogen and oxygen atoms in total. The van der Waals surface area contributed by atoms with Crippen molar-refractivity contribution in [2.45, 2.75) is 0 Å². The minimum Gasteiger partial charge on any atom is -0.497 e. The fraction of sp³-hybridized carbons (Fsp3) is 0.133. The zero-order chi connectivity index (χ0) is 13.0. The fourth-order valence-corrected chi connectivity index (χ4v) is 1.71. The lowest BCUT2D eigenvalue weighted by Gasteiger charge is -2.18. The van der Waals surface area contributed by atoms with E-state index in [1.807, 2.05) is 42.5 Å². The largest absolute Gasteiger partial charge is 0.497 e. The summed E-state index contributed by atoms with van der Waals surface area (Å²) in [6.45, 7) is 0. The lowest BCUT2D eigenvalue weighted by atomic mass is 10.2. The van der Waals surface area contributed by atoms with Crippen molar-refractivity contribution in [1.82, 2.24) is 0 Å². The number of carbonyl (C=O) groups excluding carboxylic acids is 1. The van der Waals surface area contributed by atoms with Crippen LogP contribution in [0.4, 0.5) is 5.69 Å². The number of hydrogen-bond donors (Lipinski definition) is 0. The van der Waals surface area contributed by atoms with Gasteiger partial charge in [0.1, 0.15) is 5.75 Å². The third-order valence-electron chi connectivity index (χ3n) is 2.77. The molecule has 18 heavy (non-hydrogen) atoms. The average molecular weight is 241 g/mol. The Morgan fingerprint density at radius 2 is 1.78 bits per heavy atom. The number of ether oxygens (including phenoxy) is 1. The Hall–Kier alpha value is -2.29. The van der Waals surface area contributed by atoms with Crippen LogP contribution >= 0.6 is 0 Å². The number of hydrogen-bond acceptors (Lipinski definition) is 2. The standard InChI is InChI=1S/C15H15NO2/c1-16(13-9-6-10-14(11-13)18-2)15(17)12-7-4-3-5-8-12/h3-11H,1-2H3. The van der Waals surface area contributed by atoms with Crippen LogP contribution in [-0.4, -0.2) is 20.1 Å². The number of methoxy groups -OCH3 is 1. The van der Waals surface area contributed by atoms with Crippen molar-refractivity contribution in [2.75, 3.05) is 19.1 Å². The zero-order valence-corrected chi connectivity index (χ0v) is 10.5. The molecule has 0 radical (unpaired) electrons. The Morgan fingerprint density at radius 1 is 1.06 bits per heavy atom. The smallest absolute Gasteiger partial charge is 0.258 e. The highest BCUT2D eigenvalue weighted by atomic mass is 16.5. The first-order chi connectivity index (χ1) is 8.72. The highest BCUT2D eigenvalue weighted by molar-refractivity contribution is 6.05. The Morgan fingerprint density at radius 3 is 2.44 bits per heavy atom. The van der Waals surface area contributed by atoms with Gasteiger partial charge in [-0.05, 0) is 24.3 Å². The number of nitrogens with zero attached hydrogens (tertiary/aromatic N) is 1. The Kier molecular flexibility index (Phi) is 3.63. The highest BCUT2D eigenvalue weighted by Gasteiger charge is 2.13. The van der Waals surface area contributed by atoms with Crippen LogP contribution in [0.25, 0.3) is 0 Å². The second-order valence-corrected chi connectivity index (χ2v) is 3.93. The van der Waals surface area contributed by atoms with Crippen molar-refractivity contribution < 1.29 is 9.53 Å². The van der Waals surface area contributed by atoms with Gasteiger partial charge in [-0.1, -0.05) is 24.3 Å². The minimum absolute atomic E-state index is 0.0381. The van der Waals surface area contributed by atoms with Crippen molar-refractivity contribution in [3.8, 4) is 5.75 Å². The Balaban J connectivity index is 2.25. The molecule has 0 aromatic heterocycles. The van der Waals surface area contributed by atoms with Crippen molar-refractivity contribution in [3.05, 3.63) is 60.2 Å². The fourth-order valence-electron chi connectivity index (χ4n) is 1.71. The van der Waals surface area contributed by atoms with Crippen LogP contribution in [0.5, 0.6) is 5.75 Å². The zero-order valence-electron chi connectivity index (χ0n) is 10.5. The first-order valence-corrected chi connectivity index (χ1v) is 5.69. The van der Waals surface area contributed by atoms with E-state index in [4.69, 9.17) is 4.74 Å². The summed E-state index contributed by atoms with van der Waals surface area (Å²) >= 11 is 0. The number of benzene rings is 2. The monoisotopic (exact) mass is 241 g/mol. The summed E-state index contributed by atoms with van der Waals surface area (Å²) in [5.74, 6) is 0.698. The van der Waals surface area contributed by atoms with Crippen molar-refractivity contribution >= 4 is 11.6 Å². The van der Waals surface area contributed by atoms with Crippen LogP contribution in [0.1, 0.15) is 10.4 Å². The third kappa shape index (κ3) is 2.51. The molecule has 0 saturated heterocycles. The molecule has 0 saturated carbocycles. The van der Waals surface area contributed by atoms with E-state index in [0.29, 0.717) is 5.56 Å². The van der Waals surface area contributed by atoms with Gasteiger partial charge in [0, 0.05) is 24.4 Å². The number of rotatable bonds is 3. The quantitative estimate of drug-likeness (QED) is 0.826. The Labute approximate surface area is 107 Å². The molecule has 0 fully saturated rings. The molecule has 0 aliphatic rings. The van der Waals surface area contributed by atoms with Gasteiger partial charge < -0.3 is 9.64 Å². The van der Waals surface area contributed by atoms with Crippen LogP contribution in [0.2, 0.25) is 0 Å². The maximum atomic E-state index is 12.2. The van der Waals surface area contributed by atoms with Gasteiger partial charge in [-0.2, -0.15) is 0 Å². The van der Waals surface area contributed by atoms with Crippen LogP contribution in [-0.2, 0) is 0 Å². The second-order valence-electron chi connectivity index (χ2n) is 3.93. The van der Waals surface area contributed by atoms with Gasteiger partial charge in [-0.3, -0.25) is 4.79 Å². The van der Waals surface area contributed by atoms with E-state index in [0.717, 1.165) is 11.4 Å². The van der Waals surface area contributed by atoms with Crippen LogP contribution in [0, 0.1) is 0 Å². The molecule has 0 bridgehead atoms. The van der Waals surface area contributed by atoms with Gasteiger partial charge >= 0.3 is 0 Å². The van der Waals surface area contributed by atoms with E-state index >= 15 is 0 Å². The van der Waals surface area contributed by atoms with Gasteiger partial charge in [-0.25, -0.2) is 0 Å². The van der Waals surface area contributed by atoms with E-state index in [1.165, 1.54) is 0 Å². The van der Waals surface area contributed by atoms with Crippen molar-refractivity contribution in [2.24, 2.45) is 0 Å². The molecule has 0 aliphatic heterocycles. The summed E-state index contributed by atoms with van der Waals surface area (Å²) in [5, 5.41) is 0. The van der Waals surface area contributed by atoms with E-state index in [9.17, 15) is 4.79 Å². The molecule has 0 unspecified atom stereocenters. The maximum Gasteiger partial charge on any atom is 0.258 e. The summed E-state index contributed by atoms with van der Waals surface area (Å²) in [5.41, 5.74) is 1.48.